The molecule has 2 aromatic heterocycles. The number of benzene rings is 1. The van der Waals surface area contributed by atoms with E-state index < -0.39 is 6.03 Å². The summed E-state index contributed by atoms with van der Waals surface area (Å²) in [6, 6.07) is 11.6. The van der Waals surface area contributed by atoms with Crippen LogP contribution in [0.3, 0.4) is 0 Å². The number of rotatable bonds is 6. The van der Waals surface area contributed by atoms with Gasteiger partial charge in [0.2, 0.25) is 0 Å². The van der Waals surface area contributed by atoms with E-state index in [2.05, 4.69) is 43.4 Å². The Bertz CT molecular complexity index is 1310. The molecule has 188 valence electrons. The molecule has 1 spiro atoms. The fourth-order valence-electron chi connectivity index (χ4n) is 6.07. The van der Waals surface area contributed by atoms with Gasteiger partial charge in [-0.05, 0) is 53.2 Å². The Morgan fingerprint density at radius 2 is 1.92 bits per heavy atom. The zero-order valence-corrected chi connectivity index (χ0v) is 21.8. The van der Waals surface area contributed by atoms with E-state index in [4.69, 9.17) is 10.8 Å². The lowest BCUT2D eigenvalue weighted by Gasteiger charge is -2.35. The predicted octanol–water partition coefficient (Wildman–Crippen LogP) is 3.38. The highest BCUT2D eigenvalue weighted by Gasteiger charge is 2.58. The zero-order chi connectivity index (χ0) is 25.0. The summed E-state index contributed by atoms with van der Waals surface area (Å²) in [5.74, 6) is -0.355. The Hall–Kier alpha value is -3.11. The Kier molecular flexibility index (Phi) is 5.68. The van der Waals surface area contributed by atoms with Crippen LogP contribution in [0.15, 0.2) is 47.1 Å². The lowest BCUT2D eigenvalue weighted by molar-refractivity contribution is 0.0847. The first-order valence-electron chi connectivity index (χ1n) is 12.5. The predicted molar refractivity (Wildman–Crippen MR) is 138 cm³/mol. The molecule has 0 bridgehead atoms. The average molecular weight is 552 g/mol. The SMILES string of the molecule is Cn1cc(Br)cc1C(=O)NC([C@H](c1ccccc1)c1n[nH]c2c1CN(C(N)=O)C21CC1)N1CCCC1. The van der Waals surface area contributed by atoms with Crippen LogP contribution in [0.4, 0.5) is 4.79 Å². The van der Waals surface area contributed by atoms with Gasteiger partial charge >= 0.3 is 6.03 Å². The van der Waals surface area contributed by atoms with Crippen molar-refractivity contribution in [2.24, 2.45) is 12.8 Å². The van der Waals surface area contributed by atoms with Crippen LogP contribution in [0.1, 0.15) is 64.6 Å². The lowest BCUT2D eigenvalue weighted by Crippen LogP contribution is -2.51. The molecule has 10 heteroatoms. The first kappa shape index (κ1) is 23.3. The molecule has 2 atom stereocenters. The summed E-state index contributed by atoms with van der Waals surface area (Å²) >= 11 is 3.48. The van der Waals surface area contributed by atoms with Gasteiger partial charge in [0, 0.05) is 36.4 Å². The Labute approximate surface area is 218 Å². The summed E-state index contributed by atoms with van der Waals surface area (Å²) in [7, 11) is 1.87. The number of nitrogens with zero attached hydrogens (tertiary/aromatic N) is 4. The van der Waals surface area contributed by atoms with Gasteiger partial charge in [-0.3, -0.25) is 14.8 Å². The maximum absolute atomic E-state index is 13.6. The fraction of sp³-hybridized carbons (Fsp3) is 0.423. The Morgan fingerprint density at radius 1 is 1.19 bits per heavy atom. The highest BCUT2D eigenvalue weighted by Crippen LogP contribution is 2.57. The molecule has 4 N–H and O–H groups in total. The first-order valence-corrected chi connectivity index (χ1v) is 13.2. The van der Waals surface area contributed by atoms with Gasteiger partial charge in [-0.1, -0.05) is 30.3 Å². The van der Waals surface area contributed by atoms with Crippen molar-refractivity contribution in [1.82, 2.24) is 29.9 Å². The monoisotopic (exact) mass is 551 g/mol. The van der Waals surface area contributed by atoms with Crippen LogP contribution in [-0.2, 0) is 19.1 Å². The van der Waals surface area contributed by atoms with Gasteiger partial charge in [0.25, 0.3) is 5.91 Å². The van der Waals surface area contributed by atoms with E-state index in [1.165, 1.54) is 0 Å². The summed E-state index contributed by atoms with van der Waals surface area (Å²) in [6.07, 6.45) is 5.51. The molecule has 2 aliphatic heterocycles. The third-order valence-electron chi connectivity index (χ3n) is 7.97. The highest BCUT2D eigenvalue weighted by molar-refractivity contribution is 9.10. The topological polar surface area (TPSA) is 112 Å². The van der Waals surface area contributed by atoms with Crippen LogP contribution in [0.25, 0.3) is 0 Å². The number of carbonyl (C=O) groups is 2. The van der Waals surface area contributed by atoms with Gasteiger partial charge in [-0.15, -0.1) is 0 Å². The number of primary amides is 1. The standard InChI is InChI=1S/C26H30BrN7O2/c1-32-14-17(27)13-19(32)24(35)29-23(33-11-5-6-12-33)20(16-7-3-2-4-8-16)21-18-15-34(25(28)36)26(9-10-26)22(18)31-30-21/h2-4,7-8,13-14,20,23H,5-6,9-12,15H2,1H3,(H2,28,36)(H,29,35)(H,30,31)/t20-,23?/m1/s1. The first-order chi connectivity index (χ1) is 17.4. The molecule has 6 rings (SSSR count). The number of aromatic amines is 1. The van der Waals surface area contributed by atoms with Gasteiger partial charge in [-0.25, -0.2) is 4.79 Å². The van der Waals surface area contributed by atoms with Crippen LogP contribution < -0.4 is 11.1 Å². The van der Waals surface area contributed by atoms with Crippen LogP contribution >= 0.6 is 15.9 Å². The van der Waals surface area contributed by atoms with Crippen molar-refractivity contribution < 1.29 is 9.59 Å². The van der Waals surface area contributed by atoms with E-state index in [9.17, 15) is 9.59 Å². The average Bonchev–Trinajstić information content (AvgIpc) is 3.21. The maximum atomic E-state index is 13.6. The van der Waals surface area contributed by atoms with E-state index in [-0.39, 0.29) is 23.5 Å². The number of urea groups is 1. The summed E-state index contributed by atoms with van der Waals surface area (Å²) in [4.78, 5) is 30.0. The summed E-state index contributed by atoms with van der Waals surface area (Å²) < 4.78 is 2.69. The molecule has 2 fully saturated rings. The van der Waals surface area contributed by atoms with E-state index >= 15 is 0 Å². The summed E-state index contributed by atoms with van der Waals surface area (Å²) in [5.41, 5.74) is 9.97. The second-order valence-corrected chi connectivity index (χ2v) is 11.0. The molecule has 9 nitrogen and oxygen atoms in total. The third kappa shape index (κ3) is 3.74. The second-order valence-electron chi connectivity index (χ2n) is 10.1. The number of nitrogens with one attached hydrogen (secondary N) is 2. The molecular formula is C26H30BrN7O2. The number of hydrogen-bond donors (Lipinski definition) is 3. The maximum Gasteiger partial charge on any atom is 0.315 e. The molecule has 1 unspecified atom stereocenters. The number of halogens is 1. The van der Waals surface area contributed by atoms with Gasteiger partial charge in [0.05, 0.1) is 35.6 Å². The van der Waals surface area contributed by atoms with Crippen molar-refractivity contribution in [3.8, 4) is 0 Å². The third-order valence-corrected chi connectivity index (χ3v) is 8.41. The molecule has 3 amide bonds. The zero-order valence-electron chi connectivity index (χ0n) is 20.2. The van der Waals surface area contributed by atoms with Crippen LogP contribution in [0, 0.1) is 0 Å². The number of aryl methyl sites for hydroxylation is 1. The minimum absolute atomic E-state index is 0.134. The Balaban J connectivity index is 1.44. The number of hydrogen-bond acceptors (Lipinski definition) is 4. The summed E-state index contributed by atoms with van der Waals surface area (Å²) in [6.45, 7) is 2.23. The normalized spacial score (nSPS) is 19.9. The number of nitrogens with two attached hydrogens (primary N) is 1. The van der Waals surface area contributed by atoms with Gasteiger partial charge in [0.1, 0.15) is 5.69 Å². The van der Waals surface area contributed by atoms with Crippen molar-refractivity contribution in [3.05, 3.63) is 75.3 Å². The number of aromatic nitrogens is 3. The van der Waals surface area contributed by atoms with Gasteiger partial charge in [-0.2, -0.15) is 5.10 Å². The Morgan fingerprint density at radius 3 is 2.53 bits per heavy atom. The number of amides is 3. The molecule has 1 saturated carbocycles. The van der Waals surface area contributed by atoms with Crippen LogP contribution in [-0.4, -0.2) is 55.8 Å². The molecule has 3 aromatic rings. The quantitative estimate of drug-likeness (QED) is 0.435. The molecule has 0 radical (unpaired) electrons. The smallest absolute Gasteiger partial charge is 0.315 e. The lowest BCUT2D eigenvalue weighted by atomic mass is 9.88. The number of fused-ring (bicyclic) bond motifs is 2. The van der Waals surface area contributed by atoms with E-state index in [1.807, 2.05) is 42.1 Å². The van der Waals surface area contributed by atoms with Crippen molar-refractivity contribution >= 4 is 27.9 Å². The van der Waals surface area contributed by atoms with Crippen molar-refractivity contribution in [2.45, 2.75) is 49.9 Å². The summed E-state index contributed by atoms with van der Waals surface area (Å²) in [5, 5.41) is 11.5. The van der Waals surface area contributed by atoms with Crippen molar-refractivity contribution in [2.75, 3.05) is 13.1 Å². The highest BCUT2D eigenvalue weighted by atomic mass is 79.9. The van der Waals surface area contributed by atoms with Crippen LogP contribution in [0.5, 0.6) is 0 Å². The number of likely N-dealkylation sites (tertiary alicyclic amines) is 1. The van der Waals surface area contributed by atoms with E-state index in [1.54, 1.807) is 4.90 Å². The van der Waals surface area contributed by atoms with Crippen molar-refractivity contribution in [1.29, 1.82) is 0 Å². The number of H-pyrrole nitrogens is 1. The van der Waals surface area contributed by atoms with Gasteiger partial charge < -0.3 is 20.5 Å². The molecule has 1 aromatic carbocycles. The number of carbonyl (C=O) groups excluding carboxylic acids is 2. The minimum atomic E-state index is -0.405. The van der Waals surface area contributed by atoms with Crippen LogP contribution in [0.2, 0.25) is 0 Å². The van der Waals surface area contributed by atoms with Crippen molar-refractivity contribution in [3.63, 3.8) is 0 Å². The van der Waals surface area contributed by atoms with E-state index in [0.717, 1.165) is 65.8 Å². The fourth-order valence-corrected chi connectivity index (χ4v) is 6.59. The van der Waals surface area contributed by atoms with Gasteiger partial charge in [0.15, 0.2) is 0 Å². The molecule has 4 heterocycles. The minimum Gasteiger partial charge on any atom is -0.351 e. The molecular weight excluding hydrogens is 522 g/mol. The molecule has 1 aliphatic carbocycles. The second kappa shape index (κ2) is 8.77. The molecule has 3 aliphatic rings. The largest absolute Gasteiger partial charge is 0.351 e. The molecule has 1 saturated heterocycles. The molecule has 36 heavy (non-hydrogen) atoms. The van der Waals surface area contributed by atoms with E-state index in [0.29, 0.717) is 12.2 Å².